The molecule has 1 amide bonds. The summed E-state index contributed by atoms with van der Waals surface area (Å²) in [4.78, 5) is 30.6. The summed E-state index contributed by atoms with van der Waals surface area (Å²) in [5.74, 6) is 2.27. The van der Waals surface area contributed by atoms with Crippen molar-refractivity contribution in [3.8, 4) is 0 Å². The van der Waals surface area contributed by atoms with E-state index in [2.05, 4.69) is 52.3 Å². The van der Waals surface area contributed by atoms with Crippen LogP contribution in [0.2, 0.25) is 10.0 Å². The van der Waals surface area contributed by atoms with Crippen LogP contribution in [0.3, 0.4) is 0 Å². The number of likely N-dealkylation sites (tertiary alicyclic amines) is 2. The van der Waals surface area contributed by atoms with Gasteiger partial charge in [0.15, 0.2) is 5.82 Å². The summed E-state index contributed by atoms with van der Waals surface area (Å²) >= 11 is 13.2. The largest absolute Gasteiger partial charge is 0.342 e. The number of nitrogens with zero attached hydrogens (tertiary/aromatic N) is 5. The van der Waals surface area contributed by atoms with Crippen LogP contribution in [0.5, 0.6) is 0 Å². The normalized spacial score (nSPS) is 20.2. The highest BCUT2D eigenvalue weighted by Gasteiger charge is 2.27. The minimum Gasteiger partial charge on any atom is -0.342 e. The van der Waals surface area contributed by atoms with Crippen molar-refractivity contribution < 1.29 is 4.79 Å². The van der Waals surface area contributed by atoms with Crippen molar-refractivity contribution in [2.75, 3.05) is 43.4 Å². The molecular formula is C29H37Cl2N7O. The monoisotopic (exact) mass is 569 g/mol. The van der Waals surface area contributed by atoms with E-state index in [9.17, 15) is 4.79 Å². The van der Waals surface area contributed by atoms with Gasteiger partial charge in [0.2, 0.25) is 11.9 Å². The van der Waals surface area contributed by atoms with E-state index in [0.29, 0.717) is 34.3 Å². The van der Waals surface area contributed by atoms with E-state index in [1.165, 1.54) is 12.0 Å². The van der Waals surface area contributed by atoms with Gasteiger partial charge in [-0.15, -0.1) is 0 Å². The van der Waals surface area contributed by atoms with Gasteiger partial charge in [0.05, 0.1) is 18.8 Å². The van der Waals surface area contributed by atoms with Crippen molar-refractivity contribution in [2.24, 2.45) is 4.99 Å². The second-order valence-corrected chi connectivity index (χ2v) is 11.7. The van der Waals surface area contributed by atoms with E-state index in [1.54, 1.807) is 6.20 Å². The lowest BCUT2D eigenvalue weighted by Gasteiger charge is -2.36. The Morgan fingerprint density at radius 1 is 1.08 bits per heavy atom. The smallest absolute Gasteiger partial charge is 0.236 e. The zero-order valence-electron chi connectivity index (χ0n) is 22.9. The summed E-state index contributed by atoms with van der Waals surface area (Å²) < 4.78 is 0. The van der Waals surface area contributed by atoms with Gasteiger partial charge in [-0.3, -0.25) is 14.7 Å². The maximum Gasteiger partial charge on any atom is 0.236 e. The molecule has 4 heterocycles. The van der Waals surface area contributed by atoms with E-state index in [0.717, 1.165) is 74.5 Å². The summed E-state index contributed by atoms with van der Waals surface area (Å²) in [6.07, 6.45) is 8.61. The van der Waals surface area contributed by atoms with Gasteiger partial charge >= 0.3 is 0 Å². The molecule has 0 bridgehead atoms. The number of amides is 1. The molecule has 0 saturated carbocycles. The Balaban J connectivity index is 1.24. The van der Waals surface area contributed by atoms with E-state index in [4.69, 9.17) is 28.2 Å². The molecule has 208 valence electrons. The summed E-state index contributed by atoms with van der Waals surface area (Å²) in [6, 6.07) is 4.36. The number of hydrogen-bond acceptors (Lipinski definition) is 7. The van der Waals surface area contributed by atoms with Crippen LogP contribution in [0.25, 0.3) is 0 Å². The summed E-state index contributed by atoms with van der Waals surface area (Å²) in [7, 11) is 0. The van der Waals surface area contributed by atoms with E-state index >= 15 is 0 Å². The standard InChI is InChI=1S/C29H37Cl2N7O/c1-4-21-12-18(2)13-26(33-21)35-28-24(31)16-32-29(36-28)34-25-15-23(30)22(14-19(25)3)20-6-10-38(11-7-20)27(39)17-37-8-5-9-37/h13-16,20-21H,4-12,17H2,1-3H3,(H2,32,33,34,35,36). The number of nitrogens with one attached hydrogen (secondary N) is 2. The van der Waals surface area contributed by atoms with Gasteiger partial charge in [0.1, 0.15) is 10.9 Å². The molecule has 2 saturated heterocycles. The fourth-order valence-corrected chi connectivity index (χ4v) is 5.88. The molecule has 2 fully saturated rings. The predicted molar refractivity (Wildman–Crippen MR) is 160 cm³/mol. The van der Waals surface area contributed by atoms with Gasteiger partial charge in [-0.25, -0.2) is 4.98 Å². The molecule has 1 atom stereocenters. The lowest BCUT2D eigenvalue weighted by Crippen LogP contribution is -2.47. The number of aromatic nitrogens is 2. The number of carbonyl (C=O) groups is 1. The van der Waals surface area contributed by atoms with Crippen molar-refractivity contribution in [1.29, 1.82) is 0 Å². The molecule has 3 aliphatic heterocycles. The molecule has 3 aliphatic rings. The number of amidine groups is 1. The third-order valence-electron chi connectivity index (χ3n) is 7.91. The van der Waals surface area contributed by atoms with Gasteiger partial charge in [0.25, 0.3) is 0 Å². The van der Waals surface area contributed by atoms with E-state index in [1.807, 2.05) is 17.0 Å². The number of anilines is 3. The average Bonchev–Trinajstić information content (AvgIpc) is 2.89. The van der Waals surface area contributed by atoms with Crippen LogP contribution >= 0.6 is 23.2 Å². The highest BCUT2D eigenvalue weighted by Crippen LogP contribution is 2.37. The molecular weight excluding hydrogens is 533 g/mol. The highest BCUT2D eigenvalue weighted by atomic mass is 35.5. The minimum atomic E-state index is 0.249. The number of aliphatic imine (C=N–C) groups is 1. The number of rotatable bonds is 7. The first kappa shape index (κ1) is 27.9. The van der Waals surface area contributed by atoms with Crippen LogP contribution in [0.1, 0.15) is 63.0 Å². The summed E-state index contributed by atoms with van der Waals surface area (Å²) in [5, 5.41) is 7.72. The quantitative estimate of drug-likeness (QED) is 0.413. The van der Waals surface area contributed by atoms with Crippen molar-refractivity contribution in [3.63, 3.8) is 0 Å². The molecule has 2 aromatic rings. The lowest BCUT2D eigenvalue weighted by atomic mass is 9.88. The van der Waals surface area contributed by atoms with Crippen LogP contribution in [0, 0.1) is 6.92 Å². The van der Waals surface area contributed by atoms with Gasteiger partial charge in [-0.2, -0.15) is 4.98 Å². The fraction of sp³-hybridized carbons (Fsp3) is 0.517. The van der Waals surface area contributed by atoms with Crippen LogP contribution in [0.4, 0.5) is 17.5 Å². The van der Waals surface area contributed by atoms with Gasteiger partial charge in [-0.1, -0.05) is 41.8 Å². The Hall–Kier alpha value is -2.68. The zero-order valence-corrected chi connectivity index (χ0v) is 24.4. The van der Waals surface area contributed by atoms with Crippen molar-refractivity contribution in [2.45, 2.75) is 64.8 Å². The molecule has 0 aliphatic carbocycles. The van der Waals surface area contributed by atoms with Gasteiger partial charge in [-0.05, 0) is 88.2 Å². The van der Waals surface area contributed by atoms with Gasteiger partial charge in [0, 0.05) is 23.8 Å². The highest BCUT2D eigenvalue weighted by molar-refractivity contribution is 6.33. The maximum atomic E-state index is 12.6. The zero-order chi connectivity index (χ0) is 27.5. The summed E-state index contributed by atoms with van der Waals surface area (Å²) in [5.41, 5.74) is 4.31. The van der Waals surface area contributed by atoms with Crippen LogP contribution in [0.15, 0.2) is 35.0 Å². The molecule has 5 rings (SSSR count). The Morgan fingerprint density at radius 2 is 1.85 bits per heavy atom. The summed E-state index contributed by atoms with van der Waals surface area (Å²) in [6.45, 7) is 10.5. The van der Waals surface area contributed by atoms with E-state index < -0.39 is 0 Å². The molecule has 1 aromatic heterocycles. The number of carbonyl (C=O) groups excluding carboxylic acids is 1. The Bertz CT molecular complexity index is 1280. The van der Waals surface area contributed by atoms with Crippen molar-refractivity contribution in [3.05, 3.63) is 51.2 Å². The minimum absolute atomic E-state index is 0.249. The lowest BCUT2D eigenvalue weighted by molar-refractivity contribution is -0.134. The number of dihydropyridines is 1. The fourth-order valence-electron chi connectivity index (χ4n) is 5.43. The van der Waals surface area contributed by atoms with Gasteiger partial charge < -0.3 is 15.5 Å². The van der Waals surface area contributed by atoms with Crippen LogP contribution in [-0.4, -0.2) is 70.3 Å². The molecule has 39 heavy (non-hydrogen) atoms. The second-order valence-electron chi connectivity index (χ2n) is 10.9. The molecule has 1 aromatic carbocycles. The number of hydrogen-bond donors (Lipinski definition) is 2. The molecule has 0 radical (unpaired) electrons. The molecule has 0 spiro atoms. The Labute approximate surface area is 240 Å². The first-order valence-electron chi connectivity index (χ1n) is 13.9. The Kier molecular flexibility index (Phi) is 8.74. The van der Waals surface area contributed by atoms with Crippen molar-refractivity contribution in [1.82, 2.24) is 19.8 Å². The number of benzene rings is 1. The number of piperidine rings is 1. The molecule has 2 N–H and O–H groups in total. The molecule has 8 nitrogen and oxygen atoms in total. The predicted octanol–water partition coefficient (Wildman–Crippen LogP) is 6.19. The second kappa shape index (κ2) is 12.2. The van der Waals surface area contributed by atoms with Crippen LogP contribution < -0.4 is 10.6 Å². The maximum absolute atomic E-state index is 12.6. The Morgan fingerprint density at radius 3 is 2.54 bits per heavy atom. The first-order chi connectivity index (χ1) is 18.8. The number of halogens is 2. The SMILES string of the molecule is CCC1CC(C)=CC(Nc2nc(Nc3cc(Cl)c(C4CCN(C(=O)CN5CCC5)CC4)cc3C)ncc2Cl)=N1. The number of aryl methyl sites for hydroxylation is 1. The molecule has 1 unspecified atom stereocenters. The van der Waals surface area contributed by atoms with Crippen molar-refractivity contribution >= 4 is 52.4 Å². The third kappa shape index (κ3) is 6.73. The van der Waals surface area contributed by atoms with Crippen LogP contribution in [-0.2, 0) is 4.79 Å². The average molecular weight is 571 g/mol. The topological polar surface area (TPSA) is 85.8 Å². The molecule has 10 heteroatoms. The van der Waals surface area contributed by atoms with E-state index in [-0.39, 0.29) is 11.9 Å². The third-order valence-corrected chi connectivity index (χ3v) is 8.51. The first-order valence-corrected chi connectivity index (χ1v) is 14.7.